The van der Waals surface area contributed by atoms with Crippen LogP contribution in [-0.4, -0.2) is 17.0 Å². The van der Waals surface area contributed by atoms with E-state index in [0.29, 0.717) is 4.99 Å². The fourth-order valence-corrected chi connectivity index (χ4v) is 2.80. The molecule has 1 aromatic heterocycles. The van der Waals surface area contributed by atoms with Gasteiger partial charge in [0.15, 0.2) is 0 Å². The van der Waals surface area contributed by atoms with Gasteiger partial charge in [-0.05, 0) is 19.1 Å². The highest BCUT2D eigenvalue weighted by atomic mass is 32.1. The molecule has 0 radical (unpaired) electrons. The van der Waals surface area contributed by atoms with E-state index in [1.807, 2.05) is 43.7 Å². The van der Waals surface area contributed by atoms with Crippen molar-refractivity contribution in [1.29, 1.82) is 0 Å². The van der Waals surface area contributed by atoms with E-state index < -0.39 is 0 Å². The monoisotopic (exact) mass is 277 g/mol. The Bertz CT molecular complexity index is 563. The van der Waals surface area contributed by atoms with Crippen molar-refractivity contribution in [3.63, 3.8) is 0 Å². The Morgan fingerprint density at radius 3 is 2.78 bits per heavy atom. The second-order valence-electron chi connectivity index (χ2n) is 4.10. The summed E-state index contributed by atoms with van der Waals surface area (Å²) in [4.78, 5) is 8.10. The van der Waals surface area contributed by atoms with Gasteiger partial charge in [0.1, 0.15) is 4.99 Å². The van der Waals surface area contributed by atoms with Crippen LogP contribution in [0.15, 0.2) is 29.8 Å². The van der Waals surface area contributed by atoms with Gasteiger partial charge in [-0.15, -0.1) is 11.3 Å². The third kappa shape index (κ3) is 2.68. The number of nitrogens with zero attached hydrogens (tertiary/aromatic N) is 2. The minimum absolute atomic E-state index is 0.429. The maximum Gasteiger partial charge on any atom is 0.106 e. The van der Waals surface area contributed by atoms with Crippen LogP contribution in [0.3, 0.4) is 0 Å². The van der Waals surface area contributed by atoms with Crippen LogP contribution in [0.1, 0.15) is 16.1 Å². The summed E-state index contributed by atoms with van der Waals surface area (Å²) in [5, 5.41) is 0. The molecule has 0 aliphatic heterocycles. The summed E-state index contributed by atoms with van der Waals surface area (Å²) in [6.45, 7) is 2.84. The van der Waals surface area contributed by atoms with Crippen LogP contribution in [0.2, 0.25) is 0 Å². The number of thiazole rings is 1. The number of anilines is 1. The van der Waals surface area contributed by atoms with Gasteiger partial charge in [0.2, 0.25) is 0 Å². The molecule has 1 heterocycles. The third-order valence-electron chi connectivity index (χ3n) is 2.81. The summed E-state index contributed by atoms with van der Waals surface area (Å²) in [5.74, 6) is 0. The van der Waals surface area contributed by atoms with Gasteiger partial charge in [0.25, 0.3) is 0 Å². The van der Waals surface area contributed by atoms with Crippen LogP contribution in [0, 0.1) is 6.92 Å². The quantitative estimate of drug-likeness (QED) is 0.873. The molecule has 2 aromatic rings. The minimum atomic E-state index is 0.429. The first-order valence-electron chi connectivity index (χ1n) is 5.58. The lowest BCUT2D eigenvalue weighted by atomic mass is 10.1. The van der Waals surface area contributed by atoms with Crippen LogP contribution >= 0.6 is 23.6 Å². The Morgan fingerprint density at radius 1 is 1.44 bits per heavy atom. The van der Waals surface area contributed by atoms with Crippen molar-refractivity contribution in [1.82, 2.24) is 4.98 Å². The first kappa shape index (κ1) is 13.0. The van der Waals surface area contributed by atoms with Crippen LogP contribution in [0.25, 0.3) is 0 Å². The Balaban J connectivity index is 2.26. The standard InChI is InChI=1S/C13H15N3S2/c1-9-12(18-8-15-9)7-16(2)11-6-4-3-5-10(11)13(14)17/h3-6,8H,7H2,1-2H3,(H2,14,17). The molecule has 2 rings (SSSR count). The Labute approximate surface area is 116 Å². The van der Waals surface area contributed by atoms with E-state index in [1.165, 1.54) is 4.88 Å². The average molecular weight is 277 g/mol. The molecule has 0 aliphatic rings. The molecule has 94 valence electrons. The molecule has 0 bridgehead atoms. The topological polar surface area (TPSA) is 42.2 Å². The highest BCUT2D eigenvalue weighted by molar-refractivity contribution is 7.80. The van der Waals surface area contributed by atoms with Gasteiger partial charge in [-0.25, -0.2) is 4.98 Å². The molecule has 0 unspecified atom stereocenters. The first-order valence-corrected chi connectivity index (χ1v) is 6.87. The maximum atomic E-state index is 5.75. The lowest BCUT2D eigenvalue weighted by molar-refractivity contribution is 0.925. The molecular weight excluding hydrogens is 262 g/mol. The molecule has 2 N–H and O–H groups in total. The zero-order valence-corrected chi connectivity index (χ0v) is 12.0. The molecule has 0 aliphatic carbocycles. The number of thiocarbonyl (C=S) groups is 1. The van der Waals surface area contributed by atoms with Crippen molar-refractivity contribution < 1.29 is 0 Å². The number of benzene rings is 1. The zero-order valence-electron chi connectivity index (χ0n) is 10.4. The van der Waals surface area contributed by atoms with Crippen molar-refractivity contribution in [2.24, 2.45) is 5.73 Å². The van der Waals surface area contributed by atoms with Crippen molar-refractivity contribution in [2.45, 2.75) is 13.5 Å². The van der Waals surface area contributed by atoms with Gasteiger partial charge < -0.3 is 10.6 Å². The van der Waals surface area contributed by atoms with Gasteiger partial charge >= 0.3 is 0 Å². The van der Waals surface area contributed by atoms with Gasteiger partial charge in [-0.2, -0.15) is 0 Å². The SMILES string of the molecule is Cc1ncsc1CN(C)c1ccccc1C(N)=S. The summed E-state index contributed by atoms with van der Waals surface area (Å²) < 4.78 is 0. The molecular formula is C13H15N3S2. The molecule has 0 amide bonds. The predicted octanol–water partition coefficient (Wildman–Crippen LogP) is 2.72. The fourth-order valence-electron chi connectivity index (χ4n) is 1.79. The van der Waals surface area contributed by atoms with Gasteiger partial charge in [0, 0.05) is 23.2 Å². The number of hydrogen-bond donors (Lipinski definition) is 1. The van der Waals surface area contributed by atoms with Gasteiger partial charge in [-0.1, -0.05) is 24.4 Å². The Kier molecular flexibility index (Phi) is 3.93. The molecule has 18 heavy (non-hydrogen) atoms. The van der Waals surface area contributed by atoms with Crippen molar-refractivity contribution >= 4 is 34.2 Å². The molecule has 3 nitrogen and oxygen atoms in total. The second kappa shape index (κ2) is 5.46. The summed E-state index contributed by atoms with van der Waals surface area (Å²) in [5.41, 5.74) is 10.7. The lowest BCUT2D eigenvalue weighted by Gasteiger charge is -2.21. The summed E-state index contributed by atoms with van der Waals surface area (Å²) in [7, 11) is 2.04. The van der Waals surface area contributed by atoms with E-state index in [1.54, 1.807) is 11.3 Å². The highest BCUT2D eigenvalue weighted by Gasteiger charge is 2.11. The Morgan fingerprint density at radius 2 is 2.17 bits per heavy atom. The molecule has 0 saturated heterocycles. The number of aromatic nitrogens is 1. The molecule has 0 spiro atoms. The molecule has 0 atom stereocenters. The molecule has 5 heteroatoms. The highest BCUT2D eigenvalue weighted by Crippen LogP contribution is 2.23. The van der Waals surface area contributed by atoms with Gasteiger partial charge in [-0.3, -0.25) is 0 Å². The van der Waals surface area contributed by atoms with Crippen LogP contribution in [0.5, 0.6) is 0 Å². The smallest absolute Gasteiger partial charge is 0.106 e. The summed E-state index contributed by atoms with van der Waals surface area (Å²) >= 11 is 6.75. The van der Waals surface area contributed by atoms with Crippen LogP contribution < -0.4 is 10.6 Å². The van der Waals surface area contributed by atoms with E-state index in [-0.39, 0.29) is 0 Å². The largest absolute Gasteiger partial charge is 0.389 e. The average Bonchev–Trinajstić information content (AvgIpc) is 2.75. The van der Waals surface area contributed by atoms with Crippen molar-refractivity contribution in [2.75, 3.05) is 11.9 Å². The summed E-state index contributed by atoms with van der Waals surface area (Å²) in [6, 6.07) is 7.93. The van der Waals surface area contributed by atoms with E-state index in [9.17, 15) is 0 Å². The van der Waals surface area contributed by atoms with E-state index in [4.69, 9.17) is 18.0 Å². The van der Waals surface area contributed by atoms with Crippen LogP contribution in [0.4, 0.5) is 5.69 Å². The lowest BCUT2D eigenvalue weighted by Crippen LogP contribution is -2.21. The molecule has 0 fully saturated rings. The predicted molar refractivity (Wildman–Crippen MR) is 81.3 cm³/mol. The molecule has 0 saturated carbocycles. The third-order valence-corrected chi connectivity index (χ3v) is 3.95. The number of nitrogens with two attached hydrogens (primary N) is 1. The maximum absolute atomic E-state index is 5.75. The van der Waals surface area contributed by atoms with Gasteiger partial charge in [0.05, 0.1) is 17.7 Å². The minimum Gasteiger partial charge on any atom is -0.389 e. The number of aryl methyl sites for hydroxylation is 1. The van der Waals surface area contributed by atoms with Crippen molar-refractivity contribution in [3.05, 3.63) is 45.9 Å². The van der Waals surface area contributed by atoms with Crippen LogP contribution in [-0.2, 0) is 6.54 Å². The van der Waals surface area contributed by atoms with E-state index in [0.717, 1.165) is 23.5 Å². The number of rotatable bonds is 4. The van der Waals surface area contributed by atoms with Crippen molar-refractivity contribution in [3.8, 4) is 0 Å². The first-order chi connectivity index (χ1) is 8.59. The summed E-state index contributed by atoms with van der Waals surface area (Å²) in [6.07, 6.45) is 0. The van der Waals surface area contributed by atoms with E-state index >= 15 is 0 Å². The number of para-hydroxylation sites is 1. The fraction of sp³-hybridized carbons (Fsp3) is 0.231. The zero-order chi connectivity index (χ0) is 13.1. The van der Waals surface area contributed by atoms with E-state index in [2.05, 4.69) is 9.88 Å². The second-order valence-corrected chi connectivity index (χ2v) is 5.48. The Hall–Kier alpha value is -1.46. The number of hydrogen-bond acceptors (Lipinski definition) is 4. The molecule has 1 aromatic carbocycles. The normalized spacial score (nSPS) is 10.3.